The van der Waals surface area contributed by atoms with E-state index in [2.05, 4.69) is 31.1 Å². The molecular formula is C36H35ClN10O8S. The molecule has 4 heterocycles. The number of carbonyl (C=O) groups excluding carboxylic acids is 4. The number of piperidine rings is 1. The van der Waals surface area contributed by atoms with E-state index in [-0.39, 0.29) is 31.2 Å². The quantitative estimate of drug-likeness (QED) is 0.150. The fourth-order valence-corrected chi connectivity index (χ4v) is 8.12. The van der Waals surface area contributed by atoms with Crippen LogP contribution in [0.2, 0.25) is 5.02 Å². The maximum absolute atomic E-state index is 14.1. The summed E-state index contributed by atoms with van der Waals surface area (Å²) in [7, 11) is -3.19. The van der Waals surface area contributed by atoms with Gasteiger partial charge in [0.25, 0.3) is 0 Å². The van der Waals surface area contributed by atoms with E-state index in [0.29, 0.717) is 70.2 Å². The number of halogens is 1. The van der Waals surface area contributed by atoms with Crippen molar-refractivity contribution in [2.45, 2.75) is 30.6 Å². The Bertz CT molecular complexity index is 2450. The fraction of sp³-hybridized carbons (Fsp3) is 0.278. The van der Waals surface area contributed by atoms with Crippen LogP contribution in [0.25, 0.3) is 16.6 Å². The Balaban J connectivity index is 1.11. The fourth-order valence-electron chi connectivity index (χ4n) is 6.89. The van der Waals surface area contributed by atoms with E-state index in [4.69, 9.17) is 11.6 Å². The first-order valence-corrected chi connectivity index (χ1v) is 19.7. The van der Waals surface area contributed by atoms with Crippen molar-refractivity contribution in [3.8, 4) is 5.69 Å². The highest BCUT2D eigenvalue weighted by atomic mass is 35.5. The van der Waals surface area contributed by atoms with Crippen LogP contribution in [-0.4, -0.2) is 122 Å². The maximum atomic E-state index is 14.1. The monoisotopic (exact) mass is 802 g/mol. The summed E-state index contributed by atoms with van der Waals surface area (Å²) in [6.07, 6.45) is 3.23. The molecule has 2 aliphatic heterocycles. The van der Waals surface area contributed by atoms with Gasteiger partial charge in [-0.1, -0.05) is 23.7 Å². The molecule has 0 spiro atoms. The first-order valence-electron chi connectivity index (χ1n) is 17.4. The van der Waals surface area contributed by atoms with Crippen LogP contribution in [0.5, 0.6) is 0 Å². The summed E-state index contributed by atoms with van der Waals surface area (Å²) in [6.45, 7) is 0.565. The van der Waals surface area contributed by atoms with Crippen LogP contribution in [0.4, 0.5) is 21.9 Å². The molecular weight excluding hydrogens is 768 g/mol. The number of aromatic nitrogens is 5. The number of fused-ring (bicyclic) bond motifs is 1. The Morgan fingerprint density at radius 2 is 1.64 bits per heavy atom. The van der Waals surface area contributed by atoms with E-state index in [1.165, 1.54) is 39.2 Å². The van der Waals surface area contributed by atoms with Gasteiger partial charge in [0.2, 0.25) is 5.91 Å². The minimum atomic E-state index is -3.19. The number of likely N-dealkylation sites (tertiary alicyclic amines) is 1. The van der Waals surface area contributed by atoms with Gasteiger partial charge in [-0.2, -0.15) is 4.68 Å². The summed E-state index contributed by atoms with van der Waals surface area (Å²) in [6, 6.07) is 16.1. The molecule has 2 saturated heterocycles. The predicted octanol–water partition coefficient (Wildman–Crippen LogP) is 2.96. The van der Waals surface area contributed by atoms with Gasteiger partial charge in [-0.3, -0.25) is 14.4 Å². The third-order valence-corrected chi connectivity index (χ3v) is 11.8. The minimum absolute atomic E-state index is 0.00347. The van der Waals surface area contributed by atoms with Crippen molar-refractivity contribution in [1.82, 2.24) is 35.0 Å². The first-order chi connectivity index (χ1) is 26.7. The molecule has 0 bridgehead atoms. The highest BCUT2D eigenvalue weighted by molar-refractivity contribution is 7.91. The Morgan fingerprint density at radius 1 is 0.911 bits per heavy atom. The third kappa shape index (κ3) is 8.03. The van der Waals surface area contributed by atoms with Crippen molar-refractivity contribution >= 4 is 79.1 Å². The number of anilines is 3. The van der Waals surface area contributed by atoms with Crippen molar-refractivity contribution in [2.75, 3.05) is 48.0 Å². The van der Waals surface area contributed by atoms with Crippen molar-refractivity contribution in [2.24, 2.45) is 0 Å². The van der Waals surface area contributed by atoms with Gasteiger partial charge >= 0.3 is 23.8 Å². The molecule has 2 aliphatic rings. The van der Waals surface area contributed by atoms with Gasteiger partial charge in [-0.15, -0.1) is 5.10 Å². The smallest absolute Gasteiger partial charge is 0.352 e. The third-order valence-electron chi connectivity index (χ3n) is 9.84. The summed E-state index contributed by atoms with van der Waals surface area (Å²) in [5.74, 6) is -3.58. The van der Waals surface area contributed by atoms with E-state index in [1.807, 2.05) is 0 Å². The molecule has 7 rings (SSSR count). The van der Waals surface area contributed by atoms with Gasteiger partial charge in [-0.05, 0) is 83.4 Å². The Morgan fingerprint density at radius 3 is 2.32 bits per heavy atom. The normalized spacial score (nSPS) is 15.9. The van der Waals surface area contributed by atoms with E-state index >= 15 is 0 Å². The highest BCUT2D eigenvalue weighted by Crippen LogP contribution is 2.30. The zero-order chi connectivity index (χ0) is 39.7. The van der Waals surface area contributed by atoms with Gasteiger partial charge in [0.1, 0.15) is 27.9 Å². The second-order valence-electron chi connectivity index (χ2n) is 13.5. The first kappa shape index (κ1) is 38.0. The summed E-state index contributed by atoms with van der Waals surface area (Å²) >= 11 is 6.30. The zero-order valence-corrected chi connectivity index (χ0v) is 31.3. The number of sulfone groups is 1. The number of urea groups is 1. The molecule has 0 unspecified atom stereocenters. The standard InChI is InChI=1S/C36H35ClN10O8S/c1-56(54,55)26-10-12-44(13-11-26)36(53)40-24-5-2-21(3-6-24)16-31(32(48)39-25-7-8-27-22(17-25)18-28(41-27)35(51)52)46-15-14-45(33(49)34(46)50)30-19-23(37)4-9-29(30)47-20-38-42-43-47/h2-9,17-20,26,31,41H,10-16H2,1H3,(H,39,48)(H,40,53)(H,51,52)/t31-/m0/s1. The highest BCUT2D eigenvalue weighted by Gasteiger charge is 2.41. The largest absolute Gasteiger partial charge is 0.477 e. The van der Waals surface area contributed by atoms with Crippen molar-refractivity contribution in [3.63, 3.8) is 0 Å². The van der Waals surface area contributed by atoms with Gasteiger partial charge in [0.15, 0.2) is 0 Å². The van der Waals surface area contributed by atoms with Crippen LogP contribution in [0.3, 0.4) is 0 Å². The molecule has 56 heavy (non-hydrogen) atoms. The topological polar surface area (TPSA) is 233 Å². The maximum Gasteiger partial charge on any atom is 0.352 e. The zero-order valence-electron chi connectivity index (χ0n) is 29.8. The molecule has 1 atom stereocenters. The number of carboxylic acids is 1. The lowest BCUT2D eigenvalue weighted by molar-refractivity contribution is -0.149. The average Bonchev–Trinajstić information content (AvgIpc) is 3.87. The average molecular weight is 803 g/mol. The van der Waals surface area contributed by atoms with Gasteiger partial charge < -0.3 is 35.4 Å². The van der Waals surface area contributed by atoms with Crippen LogP contribution >= 0.6 is 11.6 Å². The molecule has 20 heteroatoms. The van der Waals surface area contributed by atoms with E-state index in [9.17, 15) is 37.5 Å². The molecule has 0 saturated carbocycles. The lowest BCUT2D eigenvalue weighted by atomic mass is 10.0. The number of hydrogen-bond donors (Lipinski definition) is 4. The van der Waals surface area contributed by atoms with E-state index in [0.717, 1.165) is 0 Å². The molecule has 5 amide bonds. The predicted molar refractivity (Wildman–Crippen MR) is 205 cm³/mol. The number of amides is 5. The van der Waals surface area contributed by atoms with Gasteiger partial charge in [0, 0.05) is 66.2 Å². The van der Waals surface area contributed by atoms with Crippen molar-refractivity contribution < 1.29 is 37.5 Å². The SMILES string of the molecule is CS(=O)(=O)C1CCN(C(=O)Nc2ccc(C[C@@H](C(=O)Nc3ccc4[nH]c(C(=O)O)cc4c3)N3CCN(c4cc(Cl)ccc4-n4cnnn4)C(=O)C3=O)cc2)CC1. The van der Waals surface area contributed by atoms with Crippen LogP contribution < -0.4 is 15.5 Å². The summed E-state index contributed by atoms with van der Waals surface area (Å²) in [4.78, 5) is 73.2. The molecule has 0 radical (unpaired) electrons. The Labute approximate surface area is 324 Å². The number of rotatable bonds is 10. The minimum Gasteiger partial charge on any atom is -0.477 e. The molecule has 4 N–H and O–H groups in total. The molecule has 0 aliphatic carbocycles. The number of benzene rings is 3. The Hall–Kier alpha value is -6.34. The number of carboxylic acid groups (broad SMARTS) is 1. The second-order valence-corrected chi connectivity index (χ2v) is 16.2. The Kier molecular flexibility index (Phi) is 10.5. The second kappa shape index (κ2) is 15.4. The van der Waals surface area contributed by atoms with E-state index < -0.39 is 44.8 Å². The van der Waals surface area contributed by atoms with Crippen LogP contribution in [0.15, 0.2) is 73.1 Å². The molecule has 2 aromatic heterocycles. The lowest BCUT2D eigenvalue weighted by Crippen LogP contribution is -2.60. The van der Waals surface area contributed by atoms with Gasteiger partial charge in [-0.25, -0.2) is 18.0 Å². The molecule has 290 valence electrons. The van der Waals surface area contributed by atoms with Crippen LogP contribution in [0, 0.1) is 0 Å². The summed E-state index contributed by atoms with van der Waals surface area (Å²) in [5.41, 5.74) is 2.63. The molecule has 5 aromatic rings. The van der Waals surface area contributed by atoms with Crippen LogP contribution in [0.1, 0.15) is 28.9 Å². The summed E-state index contributed by atoms with van der Waals surface area (Å²) in [5, 5.41) is 26.6. The molecule has 3 aromatic carbocycles. The number of nitrogens with one attached hydrogen (secondary N) is 3. The number of aromatic carboxylic acids is 1. The number of aromatic amines is 1. The number of H-pyrrole nitrogens is 1. The number of carbonyl (C=O) groups is 5. The van der Waals surface area contributed by atoms with Crippen molar-refractivity contribution in [1.29, 1.82) is 0 Å². The molecule has 2 fully saturated rings. The lowest BCUT2D eigenvalue weighted by Gasteiger charge is -2.38. The number of tetrazole rings is 1. The number of piperazine rings is 1. The summed E-state index contributed by atoms with van der Waals surface area (Å²) < 4.78 is 25.2. The number of hydrogen-bond acceptors (Lipinski definition) is 10. The molecule has 18 nitrogen and oxygen atoms in total. The van der Waals surface area contributed by atoms with Crippen molar-refractivity contribution in [3.05, 3.63) is 89.3 Å². The van der Waals surface area contributed by atoms with Gasteiger partial charge in [0.05, 0.1) is 16.6 Å². The van der Waals surface area contributed by atoms with E-state index in [1.54, 1.807) is 59.5 Å². The number of nitrogens with zero attached hydrogens (tertiary/aromatic N) is 7. The van der Waals surface area contributed by atoms with Crippen LogP contribution in [-0.2, 0) is 30.6 Å².